The summed E-state index contributed by atoms with van der Waals surface area (Å²) in [4.78, 5) is 0. The van der Waals surface area contributed by atoms with Gasteiger partial charge >= 0.3 is 0 Å². The zero-order chi connectivity index (χ0) is 15.7. The molecule has 1 saturated heterocycles. The zero-order valence-corrected chi connectivity index (χ0v) is 13.7. The molecule has 1 aliphatic rings. The summed E-state index contributed by atoms with van der Waals surface area (Å²) < 4.78 is 38.6. The molecule has 1 aromatic carbocycles. The number of sulfonamides is 1. The Hall–Kier alpha value is -1.38. The van der Waals surface area contributed by atoms with Crippen LogP contribution < -0.4 is 0 Å². The highest BCUT2D eigenvalue weighted by Crippen LogP contribution is 2.33. The Labute approximate surface area is 132 Å². The third kappa shape index (κ3) is 3.18. The van der Waals surface area contributed by atoms with Crippen LogP contribution in [0.4, 0.5) is 4.39 Å². The van der Waals surface area contributed by atoms with Crippen molar-refractivity contribution in [1.82, 2.24) is 14.5 Å². The topological polar surface area (TPSA) is 63.2 Å². The molecule has 1 atom stereocenters. The van der Waals surface area contributed by atoms with Crippen LogP contribution >= 0.6 is 11.3 Å². The van der Waals surface area contributed by atoms with Crippen LogP contribution in [0.2, 0.25) is 0 Å². The minimum absolute atomic E-state index is 0.0292. The van der Waals surface area contributed by atoms with Crippen molar-refractivity contribution < 1.29 is 12.8 Å². The van der Waals surface area contributed by atoms with E-state index in [2.05, 4.69) is 10.2 Å². The second kappa shape index (κ2) is 6.02. The van der Waals surface area contributed by atoms with Crippen molar-refractivity contribution >= 4 is 21.4 Å². The Bertz CT molecular complexity index is 776. The molecule has 22 heavy (non-hydrogen) atoms. The van der Waals surface area contributed by atoms with E-state index in [0.717, 1.165) is 17.8 Å². The quantitative estimate of drug-likeness (QED) is 0.860. The predicted octanol–water partition coefficient (Wildman–Crippen LogP) is 2.48. The fraction of sp³-hybridized carbons (Fsp3) is 0.429. The predicted molar refractivity (Wildman–Crippen MR) is 83.7 cm³/mol. The van der Waals surface area contributed by atoms with Gasteiger partial charge < -0.3 is 0 Å². The highest BCUT2D eigenvalue weighted by atomic mass is 32.2. The van der Waals surface area contributed by atoms with Crippen molar-refractivity contribution in [2.75, 3.05) is 19.3 Å². The molecule has 1 aliphatic heterocycles. The SMILES string of the molecule is CS(=O)(=O)N1CCCC(c2nnc(-c3ccccc3F)s2)C1. The van der Waals surface area contributed by atoms with Crippen molar-refractivity contribution in [1.29, 1.82) is 0 Å². The average molecular weight is 341 g/mol. The molecule has 118 valence electrons. The van der Waals surface area contributed by atoms with E-state index < -0.39 is 10.0 Å². The van der Waals surface area contributed by atoms with Crippen LogP contribution in [-0.4, -0.2) is 42.3 Å². The lowest BCUT2D eigenvalue weighted by Crippen LogP contribution is -2.38. The van der Waals surface area contributed by atoms with E-state index in [1.54, 1.807) is 18.2 Å². The summed E-state index contributed by atoms with van der Waals surface area (Å²) in [5.41, 5.74) is 0.432. The first kappa shape index (κ1) is 15.5. The standard InChI is InChI=1S/C14H16FN3O2S2/c1-22(19,20)18-8-4-5-10(9-18)13-16-17-14(21-13)11-6-2-3-7-12(11)15/h2-3,6-7,10H,4-5,8-9H2,1H3. The van der Waals surface area contributed by atoms with Crippen LogP contribution in [0.15, 0.2) is 24.3 Å². The van der Waals surface area contributed by atoms with Gasteiger partial charge in [-0.25, -0.2) is 17.1 Å². The molecule has 8 heteroatoms. The summed E-state index contributed by atoms with van der Waals surface area (Å²) in [5.74, 6) is -0.298. The Morgan fingerprint density at radius 1 is 1.32 bits per heavy atom. The first-order chi connectivity index (χ1) is 10.4. The highest BCUT2D eigenvalue weighted by Gasteiger charge is 2.29. The molecule has 0 saturated carbocycles. The Morgan fingerprint density at radius 2 is 2.09 bits per heavy atom. The van der Waals surface area contributed by atoms with E-state index >= 15 is 0 Å². The smallest absolute Gasteiger partial charge is 0.211 e. The van der Waals surface area contributed by atoms with E-state index in [1.165, 1.54) is 28.0 Å². The number of nitrogens with zero attached hydrogens (tertiary/aromatic N) is 3. The van der Waals surface area contributed by atoms with Crippen molar-refractivity contribution in [2.24, 2.45) is 0 Å². The van der Waals surface area contributed by atoms with Crippen LogP contribution in [-0.2, 0) is 10.0 Å². The number of piperidine rings is 1. The largest absolute Gasteiger partial charge is 0.213 e. The summed E-state index contributed by atoms with van der Waals surface area (Å²) in [6, 6.07) is 6.45. The van der Waals surface area contributed by atoms with E-state index in [-0.39, 0.29) is 11.7 Å². The molecule has 1 aromatic heterocycles. The normalized spacial score (nSPS) is 20.2. The van der Waals surface area contributed by atoms with Gasteiger partial charge in [0, 0.05) is 24.6 Å². The van der Waals surface area contributed by atoms with E-state index in [0.29, 0.717) is 23.7 Å². The third-order valence-electron chi connectivity index (χ3n) is 3.75. The lowest BCUT2D eigenvalue weighted by atomic mass is 10.0. The molecule has 1 fully saturated rings. The maximum Gasteiger partial charge on any atom is 0.211 e. The summed E-state index contributed by atoms with van der Waals surface area (Å²) in [7, 11) is -3.19. The molecule has 2 heterocycles. The fourth-order valence-electron chi connectivity index (χ4n) is 2.59. The van der Waals surface area contributed by atoms with Gasteiger partial charge in [0.05, 0.1) is 6.26 Å². The molecular weight excluding hydrogens is 325 g/mol. The molecule has 0 radical (unpaired) electrons. The molecule has 2 aromatic rings. The number of hydrogen-bond donors (Lipinski definition) is 0. The van der Waals surface area contributed by atoms with Crippen LogP contribution in [0.25, 0.3) is 10.6 Å². The molecule has 0 spiro atoms. The number of halogens is 1. The van der Waals surface area contributed by atoms with Crippen molar-refractivity contribution in [3.8, 4) is 10.6 Å². The van der Waals surface area contributed by atoms with Gasteiger partial charge in [-0.1, -0.05) is 23.5 Å². The number of aromatic nitrogens is 2. The number of benzene rings is 1. The lowest BCUT2D eigenvalue weighted by molar-refractivity contribution is 0.316. The van der Waals surface area contributed by atoms with Gasteiger partial charge in [-0.2, -0.15) is 0 Å². The molecule has 0 amide bonds. The third-order valence-corrected chi connectivity index (χ3v) is 6.14. The highest BCUT2D eigenvalue weighted by molar-refractivity contribution is 7.88. The lowest BCUT2D eigenvalue weighted by Gasteiger charge is -2.29. The van der Waals surface area contributed by atoms with E-state index in [1.807, 2.05) is 0 Å². The second-order valence-corrected chi connectivity index (χ2v) is 8.38. The Kier molecular flexibility index (Phi) is 4.24. The first-order valence-electron chi connectivity index (χ1n) is 6.98. The Balaban J connectivity index is 1.84. The summed E-state index contributed by atoms with van der Waals surface area (Å²) >= 11 is 1.34. The van der Waals surface area contributed by atoms with Crippen molar-refractivity contribution in [3.05, 3.63) is 35.1 Å². The Morgan fingerprint density at radius 3 is 2.82 bits per heavy atom. The van der Waals surface area contributed by atoms with Crippen LogP contribution in [0, 0.1) is 5.82 Å². The molecule has 5 nitrogen and oxygen atoms in total. The molecule has 0 bridgehead atoms. The molecular formula is C14H16FN3O2S2. The summed E-state index contributed by atoms with van der Waals surface area (Å²) in [6.07, 6.45) is 2.89. The maximum absolute atomic E-state index is 13.8. The van der Waals surface area contributed by atoms with E-state index in [9.17, 15) is 12.8 Å². The number of rotatable bonds is 3. The van der Waals surface area contributed by atoms with Crippen molar-refractivity contribution in [2.45, 2.75) is 18.8 Å². The van der Waals surface area contributed by atoms with Gasteiger partial charge in [0.2, 0.25) is 10.0 Å². The van der Waals surface area contributed by atoms with Gasteiger partial charge in [0.1, 0.15) is 10.8 Å². The van der Waals surface area contributed by atoms with Crippen LogP contribution in [0.1, 0.15) is 23.8 Å². The van der Waals surface area contributed by atoms with Gasteiger partial charge in [-0.3, -0.25) is 0 Å². The number of hydrogen-bond acceptors (Lipinski definition) is 5. The minimum Gasteiger partial charge on any atom is -0.213 e. The second-order valence-electron chi connectivity index (χ2n) is 5.39. The van der Waals surface area contributed by atoms with Gasteiger partial charge in [-0.05, 0) is 25.0 Å². The molecule has 0 aliphatic carbocycles. The molecule has 0 N–H and O–H groups in total. The average Bonchev–Trinajstić information content (AvgIpc) is 2.97. The van der Waals surface area contributed by atoms with Crippen LogP contribution in [0.3, 0.4) is 0 Å². The summed E-state index contributed by atoms with van der Waals surface area (Å²) in [6.45, 7) is 0.971. The van der Waals surface area contributed by atoms with Crippen LogP contribution in [0.5, 0.6) is 0 Å². The first-order valence-corrected chi connectivity index (χ1v) is 9.65. The zero-order valence-electron chi connectivity index (χ0n) is 12.1. The molecule has 3 rings (SSSR count). The molecule has 1 unspecified atom stereocenters. The monoisotopic (exact) mass is 341 g/mol. The van der Waals surface area contributed by atoms with Gasteiger partial charge in [0.15, 0.2) is 5.01 Å². The minimum atomic E-state index is -3.19. The fourth-order valence-corrected chi connectivity index (χ4v) is 4.50. The summed E-state index contributed by atoms with van der Waals surface area (Å²) in [5, 5.41) is 9.53. The van der Waals surface area contributed by atoms with Gasteiger partial charge in [-0.15, -0.1) is 10.2 Å². The van der Waals surface area contributed by atoms with Crippen molar-refractivity contribution in [3.63, 3.8) is 0 Å². The van der Waals surface area contributed by atoms with Gasteiger partial charge in [0.25, 0.3) is 0 Å². The maximum atomic E-state index is 13.8. The van der Waals surface area contributed by atoms with E-state index in [4.69, 9.17) is 0 Å².